The molecule has 0 aliphatic carbocycles. The molecule has 8 N–H and O–H groups in total. The van der Waals surface area contributed by atoms with Gasteiger partial charge in [0.2, 0.25) is 0 Å². The summed E-state index contributed by atoms with van der Waals surface area (Å²) >= 11 is 0. The number of carboxylic acid groups (broad SMARTS) is 1. The lowest BCUT2D eigenvalue weighted by Gasteiger charge is -2.14. The summed E-state index contributed by atoms with van der Waals surface area (Å²) < 4.78 is 44.6. The zero-order valence-electron chi connectivity index (χ0n) is 23.6. The van der Waals surface area contributed by atoms with Crippen molar-refractivity contribution in [2.24, 2.45) is 0 Å². The molecule has 0 radical (unpaired) electrons. The van der Waals surface area contributed by atoms with Gasteiger partial charge in [-0.15, -0.1) is 0 Å². The average molecular weight is 635 g/mol. The molecule has 18 heteroatoms. The number of fused-ring (bicyclic) bond motifs is 1. The van der Waals surface area contributed by atoms with Crippen molar-refractivity contribution in [3.05, 3.63) is 48.3 Å². The highest BCUT2D eigenvalue weighted by atomic mass is 19.4. The smallest absolute Gasteiger partial charge is 0.490 e. The van der Waals surface area contributed by atoms with E-state index in [9.17, 15) is 28.5 Å². The van der Waals surface area contributed by atoms with Gasteiger partial charge in [0.15, 0.2) is 34.6 Å². The zero-order chi connectivity index (χ0) is 32.7. The van der Waals surface area contributed by atoms with Crippen LogP contribution in [0.4, 0.5) is 19.0 Å². The standard InChI is InChI=1S/C25H28N8O5.C2HF3O2/c1-2-33-23-19(37-10-4-8-27-12-18(36)14-6-7-16(34)17(35)11-14)13-29-20(15-5-3-9-28-15)21(23)30-25(33)22-24(26)32-38-31-22;3-2(4,5)1(6)7/h3,5-7,9,11,13,18,27-28,34-36H,2,4,8,10,12H2,1H3,(H2,26,32);(H,6,7)/t18-;/m0./s1. The molecule has 0 bridgehead atoms. The fourth-order valence-corrected chi connectivity index (χ4v) is 4.22. The molecular weight excluding hydrogens is 605 g/mol. The number of pyridine rings is 1. The van der Waals surface area contributed by atoms with Gasteiger partial charge in [-0.1, -0.05) is 6.07 Å². The molecule has 240 valence electrons. The number of alkyl halides is 3. The van der Waals surface area contributed by atoms with E-state index >= 15 is 0 Å². The van der Waals surface area contributed by atoms with Crippen LogP contribution in [-0.4, -0.2) is 82.1 Å². The number of aromatic hydroxyl groups is 2. The number of aliphatic carboxylic acids is 1. The highest BCUT2D eigenvalue weighted by Gasteiger charge is 2.38. The number of nitrogen functional groups attached to an aromatic ring is 1. The van der Waals surface area contributed by atoms with E-state index in [0.717, 1.165) is 11.2 Å². The molecule has 0 fully saturated rings. The summed E-state index contributed by atoms with van der Waals surface area (Å²) in [5.74, 6) is -2.05. The summed E-state index contributed by atoms with van der Waals surface area (Å²) in [7, 11) is 0. The lowest BCUT2D eigenvalue weighted by atomic mass is 10.1. The summed E-state index contributed by atoms with van der Waals surface area (Å²) in [6.45, 7) is 3.79. The first-order valence-corrected chi connectivity index (χ1v) is 13.4. The summed E-state index contributed by atoms with van der Waals surface area (Å²) in [5.41, 5.74) is 9.67. The van der Waals surface area contributed by atoms with Crippen LogP contribution >= 0.6 is 0 Å². The Labute approximate surface area is 252 Å². The molecule has 0 saturated carbocycles. The minimum atomic E-state index is -5.08. The lowest BCUT2D eigenvalue weighted by molar-refractivity contribution is -0.192. The van der Waals surface area contributed by atoms with E-state index in [1.54, 1.807) is 12.3 Å². The summed E-state index contributed by atoms with van der Waals surface area (Å²) in [5, 5.41) is 47.3. The molecule has 45 heavy (non-hydrogen) atoms. The quantitative estimate of drug-likeness (QED) is 0.0818. The molecule has 1 aromatic carbocycles. The second-order valence-electron chi connectivity index (χ2n) is 9.40. The number of nitrogens with zero attached hydrogens (tertiary/aromatic N) is 5. The molecule has 5 aromatic rings. The third-order valence-corrected chi connectivity index (χ3v) is 6.35. The van der Waals surface area contributed by atoms with Crippen LogP contribution in [0.5, 0.6) is 17.2 Å². The Kier molecular flexibility index (Phi) is 10.1. The van der Waals surface area contributed by atoms with Gasteiger partial charge < -0.3 is 45.8 Å². The fourth-order valence-electron chi connectivity index (χ4n) is 4.22. The van der Waals surface area contributed by atoms with Crippen molar-refractivity contribution in [3.63, 3.8) is 0 Å². The number of H-pyrrole nitrogens is 1. The molecule has 5 rings (SSSR count). The molecule has 1 atom stereocenters. The number of hydrogen-bond acceptors (Lipinski definition) is 12. The molecule has 0 unspecified atom stereocenters. The number of nitrogens with two attached hydrogens (primary N) is 1. The Hall–Kier alpha value is -5.36. The van der Waals surface area contributed by atoms with Crippen molar-refractivity contribution in [3.8, 4) is 40.2 Å². The number of anilines is 1. The van der Waals surface area contributed by atoms with Crippen LogP contribution in [0.3, 0.4) is 0 Å². The van der Waals surface area contributed by atoms with E-state index in [1.807, 2.05) is 29.8 Å². The van der Waals surface area contributed by atoms with Crippen LogP contribution in [0, 0.1) is 0 Å². The predicted molar refractivity (Wildman–Crippen MR) is 152 cm³/mol. The Balaban J connectivity index is 0.000000591. The van der Waals surface area contributed by atoms with Gasteiger partial charge in [0.25, 0.3) is 0 Å². The number of aliphatic hydroxyl groups is 1. The van der Waals surface area contributed by atoms with Gasteiger partial charge in [-0.25, -0.2) is 19.4 Å². The molecule has 0 saturated heterocycles. The second-order valence-corrected chi connectivity index (χ2v) is 9.40. The maximum atomic E-state index is 10.6. The van der Waals surface area contributed by atoms with Crippen molar-refractivity contribution in [1.82, 2.24) is 35.1 Å². The highest BCUT2D eigenvalue weighted by Crippen LogP contribution is 2.36. The van der Waals surface area contributed by atoms with Gasteiger partial charge in [-0.05, 0) is 60.0 Å². The van der Waals surface area contributed by atoms with Gasteiger partial charge in [0.05, 0.1) is 24.6 Å². The van der Waals surface area contributed by atoms with E-state index in [1.165, 1.54) is 12.1 Å². The Morgan fingerprint density at radius 1 is 1.20 bits per heavy atom. The summed E-state index contributed by atoms with van der Waals surface area (Å²) in [4.78, 5) is 21.5. The average Bonchev–Trinajstić information content (AvgIpc) is 3.76. The number of phenolic OH excluding ortho intramolecular Hbond substituents is 2. The van der Waals surface area contributed by atoms with Gasteiger partial charge >= 0.3 is 12.1 Å². The maximum Gasteiger partial charge on any atom is 0.490 e. The number of carboxylic acids is 1. The van der Waals surface area contributed by atoms with Crippen LogP contribution < -0.4 is 15.8 Å². The van der Waals surface area contributed by atoms with Crippen molar-refractivity contribution in [1.29, 1.82) is 0 Å². The molecule has 15 nitrogen and oxygen atoms in total. The first-order valence-electron chi connectivity index (χ1n) is 13.4. The number of phenols is 2. The van der Waals surface area contributed by atoms with Gasteiger partial charge in [-0.2, -0.15) is 13.2 Å². The van der Waals surface area contributed by atoms with Crippen LogP contribution in [0.15, 0.2) is 47.4 Å². The molecule has 0 aliphatic heterocycles. The number of aromatic amines is 1. The first kappa shape index (κ1) is 32.6. The number of aromatic nitrogens is 6. The Morgan fingerprint density at radius 2 is 1.96 bits per heavy atom. The van der Waals surface area contributed by atoms with Crippen LogP contribution in [0.1, 0.15) is 25.0 Å². The number of halogens is 3. The zero-order valence-corrected chi connectivity index (χ0v) is 23.6. The van der Waals surface area contributed by atoms with E-state index in [-0.39, 0.29) is 23.9 Å². The van der Waals surface area contributed by atoms with Crippen molar-refractivity contribution < 1.29 is 47.8 Å². The number of benzene rings is 1. The van der Waals surface area contributed by atoms with E-state index < -0.39 is 18.2 Å². The molecule has 4 heterocycles. The summed E-state index contributed by atoms with van der Waals surface area (Å²) in [6.07, 6.45) is -1.77. The number of ether oxygens (including phenoxy) is 1. The summed E-state index contributed by atoms with van der Waals surface area (Å²) in [6, 6.07) is 8.05. The molecule has 0 aliphatic rings. The van der Waals surface area contributed by atoms with E-state index in [4.69, 9.17) is 30.0 Å². The monoisotopic (exact) mass is 634 g/mol. The van der Waals surface area contributed by atoms with E-state index in [0.29, 0.717) is 60.2 Å². The number of imidazole rings is 1. The number of rotatable bonds is 11. The van der Waals surface area contributed by atoms with Crippen LogP contribution in [0.2, 0.25) is 0 Å². The lowest BCUT2D eigenvalue weighted by Crippen LogP contribution is -2.23. The third-order valence-electron chi connectivity index (χ3n) is 6.35. The molecule has 0 spiro atoms. The van der Waals surface area contributed by atoms with Gasteiger partial charge in [0, 0.05) is 19.3 Å². The predicted octanol–water partition coefficient (Wildman–Crippen LogP) is 3.22. The largest absolute Gasteiger partial charge is 0.504 e. The van der Waals surface area contributed by atoms with Crippen LogP contribution in [-0.2, 0) is 11.3 Å². The Morgan fingerprint density at radius 3 is 2.56 bits per heavy atom. The molecule has 0 amide bonds. The SMILES string of the molecule is CCn1c(-c2nonc2N)nc2c(-c3ccc[nH]3)ncc(OCCCNC[C@H](O)c3ccc(O)c(O)c3)c21.O=C(O)C(F)(F)F. The minimum Gasteiger partial charge on any atom is -0.504 e. The maximum absolute atomic E-state index is 10.6. The normalized spacial score (nSPS) is 12.1. The third kappa shape index (κ3) is 7.60. The second kappa shape index (κ2) is 14.0. The van der Waals surface area contributed by atoms with E-state index in [2.05, 4.69) is 25.6 Å². The van der Waals surface area contributed by atoms with Crippen molar-refractivity contribution in [2.75, 3.05) is 25.4 Å². The van der Waals surface area contributed by atoms with Crippen LogP contribution in [0.25, 0.3) is 33.9 Å². The number of nitrogens with one attached hydrogen (secondary N) is 2. The molecule has 4 aromatic heterocycles. The first-order chi connectivity index (χ1) is 21.4. The van der Waals surface area contributed by atoms with Crippen molar-refractivity contribution >= 4 is 22.8 Å². The highest BCUT2D eigenvalue weighted by molar-refractivity contribution is 5.95. The minimum absolute atomic E-state index is 0.141. The number of aliphatic hydroxyl groups excluding tert-OH is 1. The van der Waals surface area contributed by atoms with Crippen molar-refractivity contribution in [2.45, 2.75) is 32.2 Å². The number of hydrogen-bond donors (Lipinski definition) is 7. The van der Waals surface area contributed by atoms with Gasteiger partial charge in [0.1, 0.15) is 16.7 Å². The fraction of sp³-hybridized carbons (Fsp3) is 0.296. The van der Waals surface area contributed by atoms with Gasteiger partial charge in [-0.3, -0.25) is 0 Å². The molecular formula is C27H29F3N8O7. The topological polar surface area (TPSA) is 231 Å². The number of carbonyl (C=O) groups is 1. The number of aryl methyl sites for hydroxylation is 1. The Bertz CT molecular complexity index is 1740.